The van der Waals surface area contributed by atoms with Gasteiger partial charge in [0.1, 0.15) is 0 Å². The van der Waals surface area contributed by atoms with E-state index in [2.05, 4.69) is 0 Å². The van der Waals surface area contributed by atoms with Gasteiger partial charge in [-0.1, -0.05) is 47.5 Å². The molecule has 0 atom stereocenters. The van der Waals surface area contributed by atoms with Gasteiger partial charge in [-0.2, -0.15) is 8.42 Å². The first-order valence-corrected chi connectivity index (χ1v) is 14.3. The van der Waals surface area contributed by atoms with Crippen molar-refractivity contribution in [1.29, 1.82) is 0 Å². The highest BCUT2D eigenvalue weighted by atomic mass is 35.5. The van der Waals surface area contributed by atoms with Gasteiger partial charge >= 0.3 is 6.09 Å². The molecule has 0 N–H and O–H groups in total. The van der Waals surface area contributed by atoms with Gasteiger partial charge in [-0.3, -0.25) is 4.18 Å². The lowest BCUT2D eigenvalue weighted by Crippen LogP contribution is -2.29. The molecule has 0 radical (unpaired) electrons. The van der Waals surface area contributed by atoms with E-state index in [1.807, 2.05) is 37.3 Å². The molecule has 0 bridgehead atoms. The molecule has 4 rings (SSSR count). The molecule has 37 heavy (non-hydrogen) atoms. The SMILES string of the molecule is Cc1ccc(S(=O)(=O)OCCC2CCC(COC(=O)N(c3ccccc3)c3ccc(Cl)cc3)CC2)cc1. The lowest BCUT2D eigenvalue weighted by atomic mass is 9.81. The van der Waals surface area contributed by atoms with E-state index in [0.29, 0.717) is 29.7 Å². The standard InChI is InChI=1S/C29H32ClNO5S/c1-22-7-17-28(18-8-22)37(33,34)36-20-19-23-9-11-24(12-10-23)21-35-29(32)31(26-5-3-2-4-6-26)27-15-13-25(30)14-16-27/h2-8,13-18,23-24H,9-12,19-21H2,1H3. The van der Waals surface area contributed by atoms with Gasteiger partial charge in [-0.25, -0.2) is 9.69 Å². The molecule has 1 amide bonds. The van der Waals surface area contributed by atoms with Crippen LogP contribution < -0.4 is 4.90 Å². The second-order valence-corrected chi connectivity index (χ2v) is 11.5. The topological polar surface area (TPSA) is 72.9 Å². The molecule has 1 saturated carbocycles. The van der Waals surface area contributed by atoms with Crippen molar-refractivity contribution >= 4 is 39.2 Å². The maximum Gasteiger partial charge on any atom is 0.418 e. The number of anilines is 2. The number of hydrogen-bond donors (Lipinski definition) is 0. The highest BCUT2D eigenvalue weighted by Crippen LogP contribution is 2.32. The van der Waals surface area contributed by atoms with Crippen LogP contribution in [0, 0.1) is 18.8 Å². The Labute approximate surface area is 224 Å². The predicted octanol–water partition coefficient (Wildman–Crippen LogP) is 7.53. The summed E-state index contributed by atoms with van der Waals surface area (Å²) in [5, 5.41) is 0.597. The number of rotatable bonds is 9. The van der Waals surface area contributed by atoms with Crippen molar-refractivity contribution in [1.82, 2.24) is 0 Å². The van der Waals surface area contributed by atoms with Gasteiger partial charge < -0.3 is 4.74 Å². The van der Waals surface area contributed by atoms with Gasteiger partial charge in [0.2, 0.25) is 0 Å². The fourth-order valence-corrected chi connectivity index (χ4v) is 5.61. The van der Waals surface area contributed by atoms with Crippen LogP contribution in [0.3, 0.4) is 0 Å². The maximum atomic E-state index is 13.1. The average Bonchev–Trinajstić information content (AvgIpc) is 2.90. The third-order valence-electron chi connectivity index (χ3n) is 6.76. The number of ether oxygens (including phenoxy) is 1. The number of carbonyl (C=O) groups excluding carboxylic acids is 1. The molecule has 1 aliphatic rings. The lowest BCUT2D eigenvalue weighted by molar-refractivity contribution is 0.113. The van der Waals surface area contributed by atoms with Crippen LogP contribution in [0.2, 0.25) is 5.02 Å². The average molecular weight is 542 g/mol. The molecule has 0 aliphatic heterocycles. The van der Waals surface area contributed by atoms with Gasteiger partial charge in [0.25, 0.3) is 10.1 Å². The predicted molar refractivity (Wildman–Crippen MR) is 146 cm³/mol. The molecule has 8 heteroatoms. The quantitative estimate of drug-likeness (QED) is 0.262. The van der Waals surface area contributed by atoms with Gasteiger partial charge in [-0.05, 0) is 99.4 Å². The minimum atomic E-state index is -3.73. The number of halogens is 1. The summed E-state index contributed by atoms with van der Waals surface area (Å²) in [5.41, 5.74) is 2.41. The van der Waals surface area contributed by atoms with Gasteiger partial charge in [0, 0.05) is 5.02 Å². The van der Waals surface area contributed by atoms with Crippen molar-refractivity contribution in [3.8, 4) is 0 Å². The highest BCUT2D eigenvalue weighted by Gasteiger charge is 2.25. The van der Waals surface area contributed by atoms with E-state index in [-0.39, 0.29) is 17.4 Å². The number of nitrogens with zero attached hydrogens (tertiary/aromatic N) is 1. The normalized spacial score (nSPS) is 17.8. The van der Waals surface area contributed by atoms with Crippen LogP contribution in [0.4, 0.5) is 16.2 Å². The molecule has 196 valence electrons. The third kappa shape index (κ3) is 7.57. The number of aryl methyl sites for hydroxylation is 1. The van der Waals surface area contributed by atoms with Gasteiger partial charge in [0.05, 0.1) is 29.5 Å². The maximum absolute atomic E-state index is 13.1. The Morgan fingerprint density at radius 2 is 1.46 bits per heavy atom. The second-order valence-electron chi connectivity index (χ2n) is 9.49. The van der Waals surface area contributed by atoms with Gasteiger partial charge in [-0.15, -0.1) is 0 Å². The third-order valence-corrected chi connectivity index (χ3v) is 8.34. The summed E-state index contributed by atoms with van der Waals surface area (Å²) in [6.07, 6.45) is 4.02. The van der Waals surface area contributed by atoms with E-state index in [0.717, 1.165) is 36.9 Å². The zero-order chi connectivity index (χ0) is 26.3. The molecule has 0 spiro atoms. The van der Waals surface area contributed by atoms with E-state index in [4.69, 9.17) is 20.5 Å². The van der Waals surface area contributed by atoms with Crippen LogP contribution in [-0.2, 0) is 19.0 Å². The van der Waals surface area contributed by atoms with Crippen LogP contribution in [0.15, 0.2) is 83.8 Å². The van der Waals surface area contributed by atoms with Gasteiger partial charge in [0.15, 0.2) is 0 Å². The van der Waals surface area contributed by atoms with Crippen molar-refractivity contribution < 1.29 is 22.1 Å². The Hall–Kier alpha value is -2.87. The molecule has 0 unspecified atom stereocenters. The van der Waals surface area contributed by atoms with Crippen molar-refractivity contribution in [2.45, 2.75) is 43.9 Å². The summed E-state index contributed by atoms with van der Waals surface area (Å²) in [7, 11) is -3.73. The summed E-state index contributed by atoms with van der Waals surface area (Å²) in [5.74, 6) is 0.676. The molecule has 0 heterocycles. The number of amides is 1. The molecule has 0 saturated heterocycles. The smallest absolute Gasteiger partial charge is 0.418 e. The van der Waals surface area contributed by atoms with E-state index >= 15 is 0 Å². The lowest BCUT2D eigenvalue weighted by Gasteiger charge is -2.29. The first kappa shape index (κ1) is 27.2. The van der Waals surface area contributed by atoms with Crippen molar-refractivity contribution in [2.75, 3.05) is 18.1 Å². The Kier molecular flexibility index (Phi) is 9.24. The van der Waals surface area contributed by atoms with E-state index in [1.165, 1.54) is 0 Å². The summed E-state index contributed by atoms with van der Waals surface area (Å²) in [6.45, 7) is 2.43. The molecule has 3 aromatic carbocycles. The van der Waals surface area contributed by atoms with E-state index in [9.17, 15) is 13.2 Å². The summed E-state index contributed by atoms with van der Waals surface area (Å²) in [6, 6.07) is 23.1. The molecular weight excluding hydrogens is 510 g/mol. The van der Waals surface area contributed by atoms with Crippen LogP contribution in [0.25, 0.3) is 0 Å². The van der Waals surface area contributed by atoms with Crippen LogP contribution in [0.1, 0.15) is 37.7 Å². The minimum Gasteiger partial charge on any atom is -0.449 e. The molecule has 0 aromatic heterocycles. The number of para-hydroxylation sites is 1. The molecular formula is C29H32ClNO5S. The zero-order valence-corrected chi connectivity index (χ0v) is 22.5. The number of hydrogen-bond acceptors (Lipinski definition) is 5. The highest BCUT2D eigenvalue weighted by molar-refractivity contribution is 7.86. The fraction of sp³-hybridized carbons (Fsp3) is 0.345. The first-order chi connectivity index (χ1) is 17.8. The molecule has 3 aromatic rings. The molecule has 6 nitrogen and oxygen atoms in total. The summed E-state index contributed by atoms with van der Waals surface area (Å²) >= 11 is 6.03. The summed E-state index contributed by atoms with van der Waals surface area (Å²) in [4.78, 5) is 14.8. The van der Waals surface area contributed by atoms with Crippen molar-refractivity contribution in [3.63, 3.8) is 0 Å². The fourth-order valence-electron chi connectivity index (χ4n) is 4.57. The van der Waals surface area contributed by atoms with Crippen molar-refractivity contribution in [2.24, 2.45) is 11.8 Å². The minimum absolute atomic E-state index is 0.174. The Balaban J connectivity index is 1.24. The zero-order valence-electron chi connectivity index (χ0n) is 20.9. The van der Waals surface area contributed by atoms with Crippen LogP contribution in [-0.4, -0.2) is 27.7 Å². The first-order valence-electron chi connectivity index (χ1n) is 12.6. The van der Waals surface area contributed by atoms with Crippen LogP contribution >= 0.6 is 11.6 Å². The number of benzene rings is 3. The Bertz CT molecular complexity index is 1260. The Morgan fingerprint density at radius 3 is 2.11 bits per heavy atom. The molecule has 1 aliphatic carbocycles. The largest absolute Gasteiger partial charge is 0.449 e. The second kappa shape index (κ2) is 12.6. The Morgan fingerprint density at radius 1 is 0.865 bits per heavy atom. The monoisotopic (exact) mass is 541 g/mol. The van der Waals surface area contributed by atoms with E-state index < -0.39 is 16.2 Å². The van der Waals surface area contributed by atoms with Crippen molar-refractivity contribution in [3.05, 3.63) is 89.4 Å². The number of carbonyl (C=O) groups is 1. The van der Waals surface area contributed by atoms with Crippen LogP contribution in [0.5, 0.6) is 0 Å². The molecule has 1 fully saturated rings. The van der Waals surface area contributed by atoms with E-state index in [1.54, 1.807) is 53.4 Å². The summed E-state index contributed by atoms with van der Waals surface area (Å²) < 4.78 is 35.8.